The summed E-state index contributed by atoms with van der Waals surface area (Å²) in [4.78, 5) is 11.4. The Bertz CT molecular complexity index is 374. The van der Waals surface area contributed by atoms with Gasteiger partial charge in [0.1, 0.15) is 5.75 Å². The Morgan fingerprint density at radius 2 is 2.19 bits per heavy atom. The fourth-order valence-corrected chi connectivity index (χ4v) is 1.43. The van der Waals surface area contributed by atoms with E-state index < -0.39 is 0 Å². The van der Waals surface area contributed by atoms with Crippen molar-refractivity contribution in [3.8, 4) is 5.75 Å². The van der Waals surface area contributed by atoms with Crippen molar-refractivity contribution in [2.75, 3.05) is 6.61 Å². The van der Waals surface area contributed by atoms with Crippen molar-refractivity contribution in [3.63, 3.8) is 0 Å². The van der Waals surface area contributed by atoms with E-state index >= 15 is 0 Å². The topological polar surface area (TPSA) is 26.3 Å². The molecule has 1 aromatic rings. The Morgan fingerprint density at radius 3 is 2.75 bits per heavy atom. The highest BCUT2D eigenvalue weighted by Crippen LogP contribution is 2.24. The fraction of sp³-hybridized carbons (Fsp3) is 0.462. The van der Waals surface area contributed by atoms with Crippen molar-refractivity contribution in [2.24, 2.45) is 5.92 Å². The number of benzene rings is 1. The molecule has 1 aromatic carbocycles. The van der Waals surface area contributed by atoms with Crippen molar-refractivity contribution < 1.29 is 9.53 Å². The van der Waals surface area contributed by atoms with Gasteiger partial charge in [0, 0.05) is 5.02 Å². The van der Waals surface area contributed by atoms with Gasteiger partial charge in [-0.3, -0.25) is 4.79 Å². The van der Waals surface area contributed by atoms with Gasteiger partial charge >= 0.3 is 0 Å². The van der Waals surface area contributed by atoms with E-state index in [0.29, 0.717) is 28.9 Å². The summed E-state index contributed by atoms with van der Waals surface area (Å²) in [6.07, 6.45) is 1.06. The average Bonchev–Trinajstić information content (AvgIpc) is 2.26. The van der Waals surface area contributed by atoms with Crippen molar-refractivity contribution in [1.29, 1.82) is 0 Å². The first-order valence-corrected chi connectivity index (χ1v) is 5.85. The predicted octanol–water partition coefficient (Wildman–Crippen LogP) is 3.97. The minimum Gasteiger partial charge on any atom is -0.493 e. The number of carbonyl (C=O) groups excluding carboxylic acids is 1. The molecule has 2 nitrogen and oxygen atoms in total. The zero-order valence-corrected chi connectivity index (χ0v) is 10.7. The van der Waals surface area contributed by atoms with Crippen LogP contribution < -0.4 is 4.74 Å². The van der Waals surface area contributed by atoms with Gasteiger partial charge in [0.25, 0.3) is 0 Å². The van der Waals surface area contributed by atoms with Crippen LogP contribution in [0.15, 0.2) is 18.2 Å². The summed E-state index contributed by atoms with van der Waals surface area (Å²) in [7, 11) is 0. The second kappa shape index (κ2) is 5.90. The van der Waals surface area contributed by atoms with Gasteiger partial charge in [-0.25, -0.2) is 0 Å². The average molecular weight is 241 g/mol. The Kier molecular flexibility index (Phi) is 4.81. The molecule has 1 unspecified atom stereocenters. The van der Waals surface area contributed by atoms with Gasteiger partial charge in [0.05, 0.1) is 12.2 Å². The first kappa shape index (κ1) is 13.0. The van der Waals surface area contributed by atoms with Gasteiger partial charge in [0.15, 0.2) is 5.78 Å². The quantitative estimate of drug-likeness (QED) is 0.728. The van der Waals surface area contributed by atoms with Crippen LogP contribution in [0.3, 0.4) is 0 Å². The van der Waals surface area contributed by atoms with Crippen LogP contribution >= 0.6 is 11.6 Å². The van der Waals surface area contributed by atoms with Crippen LogP contribution in [0.5, 0.6) is 5.75 Å². The molecule has 0 saturated carbocycles. The molecule has 0 aliphatic carbocycles. The van der Waals surface area contributed by atoms with E-state index in [1.54, 1.807) is 18.2 Å². The minimum absolute atomic E-state index is 0.0262. The number of hydrogen-bond donors (Lipinski definition) is 0. The number of rotatable bonds is 5. The molecule has 1 atom stereocenters. The predicted molar refractivity (Wildman–Crippen MR) is 66.4 cm³/mol. The standard InChI is InChI=1S/C13H17ClO2/c1-4-9(2)8-16-13-6-5-11(14)7-12(13)10(3)15/h5-7,9H,4,8H2,1-3H3. The van der Waals surface area contributed by atoms with Gasteiger partial charge in [0.2, 0.25) is 0 Å². The van der Waals surface area contributed by atoms with Gasteiger partial charge in [-0.2, -0.15) is 0 Å². The zero-order valence-electron chi connectivity index (χ0n) is 9.92. The van der Waals surface area contributed by atoms with E-state index in [2.05, 4.69) is 13.8 Å². The molecule has 16 heavy (non-hydrogen) atoms. The summed E-state index contributed by atoms with van der Waals surface area (Å²) in [5, 5.41) is 0.557. The van der Waals surface area contributed by atoms with E-state index in [-0.39, 0.29) is 5.78 Å². The number of ketones is 1. The van der Waals surface area contributed by atoms with E-state index in [0.717, 1.165) is 6.42 Å². The maximum absolute atomic E-state index is 11.4. The summed E-state index contributed by atoms with van der Waals surface area (Å²) in [5.74, 6) is 1.08. The third-order valence-corrected chi connectivity index (χ3v) is 2.78. The minimum atomic E-state index is -0.0262. The van der Waals surface area contributed by atoms with Gasteiger partial charge in [-0.05, 0) is 31.0 Å². The highest BCUT2D eigenvalue weighted by atomic mass is 35.5. The molecule has 3 heteroatoms. The molecular weight excluding hydrogens is 224 g/mol. The lowest BCUT2D eigenvalue weighted by molar-refractivity contribution is 0.101. The monoisotopic (exact) mass is 240 g/mol. The highest BCUT2D eigenvalue weighted by Gasteiger charge is 2.10. The molecule has 0 bridgehead atoms. The lowest BCUT2D eigenvalue weighted by Gasteiger charge is -2.13. The highest BCUT2D eigenvalue weighted by molar-refractivity contribution is 6.31. The molecule has 0 aromatic heterocycles. The summed E-state index contributed by atoms with van der Waals surface area (Å²) in [6.45, 7) is 6.37. The van der Waals surface area contributed by atoms with Crippen LogP contribution in [-0.4, -0.2) is 12.4 Å². The molecular formula is C13H17ClO2. The molecule has 1 rings (SSSR count). The van der Waals surface area contributed by atoms with E-state index in [4.69, 9.17) is 16.3 Å². The van der Waals surface area contributed by atoms with Crippen molar-refractivity contribution in [2.45, 2.75) is 27.2 Å². The summed E-state index contributed by atoms with van der Waals surface area (Å²) < 4.78 is 5.63. The molecule has 0 aliphatic heterocycles. The van der Waals surface area contributed by atoms with E-state index in [1.165, 1.54) is 6.92 Å². The molecule has 0 aliphatic rings. The third kappa shape index (κ3) is 3.53. The van der Waals surface area contributed by atoms with Gasteiger partial charge in [-0.15, -0.1) is 0 Å². The van der Waals surface area contributed by atoms with Crippen LogP contribution in [0.2, 0.25) is 5.02 Å². The molecule has 0 spiro atoms. The smallest absolute Gasteiger partial charge is 0.163 e. The Hall–Kier alpha value is -1.02. The van der Waals surface area contributed by atoms with Crippen molar-refractivity contribution in [3.05, 3.63) is 28.8 Å². The van der Waals surface area contributed by atoms with Crippen molar-refractivity contribution in [1.82, 2.24) is 0 Å². The second-order valence-corrected chi connectivity index (χ2v) is 4.46. The summed E-state index contributed by atoms with van der Waals surface area (Å²) in [6, 6.07) is 5.14. The fourth-order valence-electron chi connectivity index (χ4n) is 1.25. The van der Waals surface area contributed by atoms with Crippen LogP contribution in [0.4, 0.5) is 0 Å². The summed E-state index contributed by atoms with van der Waals surface area (Å²) in [5.41, 5.74) is 0.552. The van der Waals surface area contributed by atoms with Crippen molar-refractivity contribution >= 4 is 17.4 Å². The molecule has 0 saturated heterocycles. The van der Waals surface area contributed by atoms with Crippen LogP contribution in [0, 0.1) is 5.92 Å². The molecule has 0 fully saturated rings. The lowest BCUT2D eigenvalue weighted by Crippen LogP contribution is -2.09. The third-order valence-electron chi connectivity index (χ3n) is 2.54. The van der Waals surface area contributed by atoms with E-state index in [1.807, 2.05) is 0 Å². The number of hydrogen-bond acceptors (Lipinski definition) is 2. The normalized spacial score (nSPS) is 12.2. The number of ether oxygens (including phenoxy) is 1. The van der Waals surface area contributed by atoms with Gasteiger partial charge in [-0.1, -0.05) is 31.9 Å². The van der Waals surface area contributed by atoms with Crippen LogP contribution in [-0.2, 0) is 0 Å². The molecule has 0 amide bonds. The molecule has 0 N–H and O–H groups in total. The maximum atomic E-state index is 11.4. The van der Waals surface area contributed by atoms with Gasteiger partial charge < -0.3 is 4.74 Å². The summed E-state index contributed by atoms with van der Waals surface area (Å²) >= 11 is 5.84. The largest absolute Gasteiger partial charge is 0.493 e. The van der Waals surface area contributed by atoms with E-state index in [9.17, 15) is 4.79 Å². The maximum Gasteiger partial charge on any atom is 0.163 e. The molecule has 0 radical (unpaired) electrons. The first-order chi connectivity index (χ1) is 7.54. The second-order valence-electron chi connectivity index (χ2n) is 4.02. The number of carbonyl (C=O) groups is 1. The Balaban J connectivity index is 2.82. The Labute approximate surface area is 102 Å². The van der Waals surface area contributed by atoms with Crippen LogP contribution in [0.1, 0.15) is 37.6 Å². The molecule has 0 heterocycles. The zero-order chi connectivity index (χ0) is 12.1. The first-order valence-electron chi connectivity index (χ1n) is 5.47. The Morgan fingerprint density at radius 1 is 1.50 bits per heavy atom. The number of halogens is 1. The SMILES string of the molecule is CCC(C)COc1ccc(Cl)cc1C(C)=O. The van der Waals surface area contributed by atoms with Crippen LogP contribution in [0.25, 0.3) is 0 Å². The number of Topliss-reactive ketones (excluding diaryl/α,β-unsaturated/α-hetero) is 1. The lowest BCUT2D eigenvalue weighted by atomic mass is 10.1. The molecule has 88 valence electrons.